The number of pyridine rings is 1. The van der Waals surface area contributed by atoms with E-state index in [0.29, 0.717) is 25.3 Å². The van der Waals surface area contributed by atoms with Gasteiger partial charge in [0, 0.05) is 6.54 Å². The van der Waals surface area contributed by atoms with E-state index in [-0.39, 0.29) is 12.6 Å². The summed E-state index contributed by atoms with van der Waals surface area (Å²) >= 11 is 0. The molecule has 2 heterocycles. The Morgan fingerprint density at radius 2 is 2.39 bits per heavy atom. The van der Waals surface area contributed by atoms with Gasteiger partial charge in [0.1, 0.15) is 0 Å². The van der Waals surface area contributed by atoms with Crippen molar-refractivity contribution in [3.63, 3.8) is 0 Å². The van der Waals surface area contributed by atoms with E-state index >= 15 is 0 Å². The maximum atomic E-state index is 9.69. The highest BCUT2D eigenvalue weighted by molar-refractivity contribution is 5.46. The molecule has 2 N–H and O–H groups in total. The topological polar surface area (TPSA) is 65.8 Å². The fourth-order valence-corrected chi connectivity index (χ4v) is 2.12. The lowest BCUT2D eigenvalue weighted by atomic mass is 10.1. The van der Waals surface area contributed by atoms with Crippen LogP contribution < -0.4 is 4.90 Å². The maximum absolute atomic E-state index is 9.69. The fourth-order valence-electron chi connectivity index (χ4n) is 2.12. The summed E-state index contributed by atoms with van der Waals surface area (Å²) in [7, 11) is 0. The molecule has 0 aliphatic carbocycles. The molecule has 18 heavy (non-hydrogen) atoms. The van der Waals surface area contributed by atoms with Gasteiger partial charge in [-0.1, -0.05) is 6.92 Å². The van der Waals surface area contributed by atoms with Crippen LogP contribution in [0.15, 0.2) is 18.3 Å². The average Bonchev–Trinajstić information content (AvgIpc) is 2.46. The van der Waals surface area contributed by atoms with Crippen LogP contribution in [0.1, 0.15) is 25.1 Å². The molecule has 5 heteroatoms. The summed E-state index contributed by atoms with van der Waals surface area (Å²) in [5, 5.41) is 19.0. The smallest absolute Gasteiger partial charge is 0.0957 e. The molecule has 0 radical (unpaired) electrons. The minimum Gasteiger partial charge on any atom is -0.394 e. The van der Waals surface area contributed by atoms with Gasteiger partial charge in [-0.05, 0) is 18.6 Å². The number of morpholine rings is 1. The third-order valence-corrected chi connectivity index (χ3v) is 3.27. The molecular formula is C13H20N2O3. The van der Waals surface area contributed by atoms with E-state index in [1.165, 1.54) is 0 Å². The van der Waals surface area contributed by atoms with Crippen molar-refractivity contribution in [3.05, 3.63) is 24.0 Å². The molecule has 1 aromatic rings. The van der Waals surface area contributed by atoms with Crippen molar-refractivity contribution in [3.8, 4) is 0 Å². The third-order valence-electron chi connectivity index (χ3n) is 3.27. The van der Waals surface area contributed by atoms with Gasteiger partial charge in [-0.2, -0.15) is 0 Å². The molecule has 0 amide bonds. The van der Waals surface area contributed by atoms with Crippen molar-refractivity contribution in [2.45, 2.75) is 25.5 Å². The largest absolute Gasteiger partial charge is 0.394 e. The molecule has 0 bridgehead atoms. The van der Waals surface area contributed by atoms with Crippen LogP contribution in [0, 0.1) is 0 Å². The first-order valence-corrected chi connectivity index (χ1v) is 6.35. The molecule has 5 nitrogen and oxygen atoms in total. The van der Waals surface area contributed by atoms with Gasteiger partial charge in [0.05, 0.1) is 49.5 Å². The second-order valence-electron chi connectivity index (χ2n) is 4.47. The normalized spacial score (nSPS) is 21.9. The molecule has 0 spiro atoms. The fraction of sp³-hybridized carbons (Fsp3) is 0.615. The monoisotopic (exact) mass is 252 g/mol. The summed E-state index contributed by atoms with van der Waals surface area (Å²) in [6, 6.07) is 3.77. The van der Waals surface area contributed by atoms with Gasteiger partial charge in [-0.3, -0.25) is 4.98 Å². The van der Waals surface area contributed by atoms with Crippen molar-refractivity contribution in [1.29, 1.82) is 0 Å². The number of nitrogens with zero attached hydrogens (tertiary/aromatic N) is 2. The molecule has 2 atom stereocenters. The summed E-state index contributed by atoms with van der Waals surface area (Å²) in [4.78, 5) is 6.38. The van der Waals surface area contributed by atoms with Gasteiger partial charge in [-0.25, -0.2) is 0 Å². The van der Waals surface area contributed by atoms with Crippen LogP contribution in [0.4, 0.5) is 5.69 Å². The minimum absolute atomic E-state index is 0.0116. The van der Waals surface area contributed by atoms with Crippen LogP contribution in [0.5, 0.6) is 0 Å². The van der Waals surface area contributed by atoms with Gasteiger partial charge in [0.25, 0.3) is 0 Å². The molecule has 1 aromatic heterocycles. The first-order chi connectivity index (χ1) is 8.76. The molecule has 100 valence electrons. The molecule has 2 unspecified atom stereocenters. The zero-order chi connectivity index (χ0) is 13.0. The highest BCUT2D eigenvalue weighted by atomic mass is 16.5. The Bertz CT molecular complexity index is 369. The van der Waals surface area contributed by atoms with E-state index in [1.807, 2.05) is 19.1 Å². The highest BCUT2D eigenvalue weighted by Crippen LogP contribution is 2.21. The Kier molecular flexibility index (Phi) is 4.52. The molecule has 1 aliphatic heterocycles. The predicted molar refractivity (Wildman–Crippen MR) is 68.5 cm³/mol. The lowest BCUT2D eigenvalue weighted by Gasteiger charge is -2.36. The number of ether oxygens (including phenoxy) is 1. The van der Waals surface area contributed by atoms with Crippen LogP contribution in [-0.4, -0.2) is 47.6 Å². The summed E-state index contributed by atoms with van der Waals surface area (Å²) in [5.74, 6) is 0. The zero-order valence-corrected chi connectivity index (χ0v) is 10.6. The summed E-state index contributed by atoms with van der Waals surface area (Å²) in [6.07, 6.45) is 1.91. The van der Waals surface area contributed by atoms with Crippen molar-refractivity contribution in [2.24, 2.45) is 0 Å². The number of aliphatic hydroxyl groups excluding tert-OH is 2. The number of anilines is 1. The van der Waals surface area contributed by atoms with Gasteiger partial charge in [0.2, 0.25) is 0 Å². The second kappa shape index (κ2) is 6.13. The van der Waals surface area contributed by atoms with Crippen molar-refractivity contribution >= 4 is 5.69 Å². The molecule has 0 saturated carbocycles. The number of hydrogen-bond acceptors (Lipinski definition) is 5. The predicted octanol–water partition coefficient (Wildman–Crippen LogP) is 0.722. The SMILES string of the molecule is CCC(O)c1ccc(N2CCOCC2CO)cn1. The Balaban J connectivity index is 2.12. The Hall–Kier alpha value is -1.17. The number of hydrogen-bond donors (Lipinski definition) is 2. The van der Waals surface area contributed by atoms with Gasteiger partial charge in [-0.15, -0.1) is 0 Å². The van der Waals surface area contributed by atoms with Crippen molar-refractivity contribution in [2.75, 3.05) is 31.3 Å². The van der Waals surface area contributed by atoms with Crippen LogP contribution in [-0.2, 0) is 4.74 Å². The van der Waals surface area contributed by atoms with E-state index in [4.69, 9.17) is 4.74 Å². The van der Waals surface area contributed by atoms with Crippen LogP contribution in [0.3, 0.4) is 0 Å². The van der Waals surface area contributed by atoms with Gasteiger partial charge < -0.3 is 19.8 Å². The van der Waals surface area contributed by atoms with Gasteiger partial charge >= 0.3 is 0 Å². The number of aliphatic hydroxyl groups is 2. The quantitative estimate of drug-likeness (QED) is 0.826. The molecular weight excluding hydrogens is 232 g/mol. The standard InChI is InChI=1S/C13H20N2O3/c1-2-13(17)12-4-3-10(7-14-12)15-5-6-18-9-11(15)8-16/h3-4,7,11,13,16-17H,2,5-6,8-9H2,1H3. The number of aromatic nitrogens is 1. The first-order valence-electron chi connectivity index (χ1n) is 6.35. The van der Waals surface area contributed by atoms with E-state index in [1.54, 1.807) is 6.20 Å². The third kappa shape index (κ3) is 2.80. The molecule has 1 saturated heterocycles. The lowest BCUT2D eigenvalue weighted by Crippen LogP contribution is -2.47. The Morgan fingerprint density at radius 3 is 3.00 bits per heavy atom. The van der Waals surface area contributed by atoms with E-state index < -0.39 is 6.10 Å². The molecule has 0 aromatic carbocycles. The van der Waals surface area contributed by atoms with Crippen molar-refractivity contribution in [1.82, 2.24) is 4.98 Å². The van der Waals surface area contributed by atoms with E-state index in [2.05, 4.69) is 9.88 Å². The minimum atomic E-state index is -0.502. The maximum Gasteiger partial charge on any atom is 0.0957 e. The molecule has 1 aliphatic rings. The van der Waals surface area contributed by atoms with Crippen LogP contribution in [0.25, 0.3) is 0 Å². The Morgan fingerprint density at radius 1 is 1.56 bits per heavy atom. The van der Waals surface area contributed by atoms with Crippen molar-refractivity contribution < 1.29 is 14.9 Å². The van der Waals surface area contributed by atoms with Gasteiger partial charge in [0.15, 0.2) is 0 Å². The highest BCUT2D eigenvalue weighted by Gasteiger charge is 2.22. The Labute approximate surface area is 107 Å². The van der Waals surface area contributed by atoms with E-state index in [0.717, 1.165) is 12.2 Å². The van der Waals surface area contributed by atoms with E-state index in [9.17, 15) is 10.2 Å². The average molecular weight is 252 g/mol. The summed E-state index contributed by atoms with van der Waals surface area (Å²) in [6.45, 7) is 3.94. The molecule has 2 rings (SSSR count). The summed E-state index contributed by atoms with van der Waals surface area (Å²) < 4.78 is 5.34. The molecule has 1 fully saturated rings. The lowest BCUT2D eigenvalue weighted by molar-refractivity contribution is 0.0726. The zero-order valence-electron chi connectivity index (χ0n) is 10.6. The van der Waals surface area contributed by atoms with Crippen LogP contribution >= 0.6 is 0 Å². The van der Waals surface area contributed by atoms with Crippen LogP contribution in [0.2, 0.25) is 0 Å². The second-order valence-corrected chi connectivity index (χ2v) is 4.47. The summed E-state index contributed by atoms with van der Waals surface area (Å²) in [5.41, 5.74) is 1.65. The number of rotatable bonds is 4. The first kappa shape index (κ1) is 13.3.